The predicted octanol–water partition coefficient (Wildman–Crippen LogP) is 2.04. The van der Waals surface area contributed by atoms with Gasteiger partial charge in [0.25, 0.3) is 0 Å². The lowest BCUT2D eigenvalue weighted by Gasteiger charge is -2.13. The number of ketones is 1. The number of nitrogens with zero attached hydrogens (tertiary/aromatic N) is 1. The molecule has 2 rings (SSSR count). The first kappa shape index (κ1) is 11.7. The normalized spacial score (nSPS) is 11.0. The van der Waals surface area contributed by atoms with Crippen molar-refractivity contribution in [3.63, 3.8) is 0 Å². The maximum Gasteiger partial charge on any atom is 0.222 e. The topological polar surface area (TPSA) is 48.4 Å². The third-order valence-electron chi connectivity index (χ3n) is 2.59. The van der Waals surface area contributed by atoms with E-state index in [0.29, 0.717) is 5.56 Å². The van der Waals surface area contributed by atoms with E-state index in [0.717, 1.165) is 10.8 Å². The Hall–Kier alpha value is -1.78. The second-order valence-electron chi connectivity index (χ2n) is 3.57. The number of hydrogen-bond acceptors (Lipinski definition) is 4. The molecule has 4 nitrogen and oxygen atoms in total. The Morgan fingerprint density at radius 2 is 2.00 bits per heavy atom. The number of ether oxygens (including phenoxy) is 2. The van der Waals surface area contributed by atoms with E-state index in [2.05, 4.69) is 4.98 Å². The first-order valence-electron chi connectivity index (χ1n) is 5.20. The zero-order chi connectivity index (χ0) is 12.3. The highest BCUT2D eigenvalue weighted by atomic mass is 16.7. The van der Waals surface area contributed by atoms with Gasteiger partial charge in [-0.3, -0.25) is 9.78 Å². The second-order valence-corrected chi connectivity index (χ2v) is 3.57. The van der Waals surface area contributed by atoms with Gasteiger partial charge >= 0.3 is 0 Å². The van der Waals surface area contributed by atoms with Crippen molar-refractivity contribution in [2.24, 2.45) is 0 Å². The highest BCUT2D eigenvalue weighted by molar-refractivity contribution is 6.09. The lowest BCUT2D eigenvalue weighted by molar-refractivity contribution is -0.0741. The second kappa shape index (κ2) is 5.03. The lowest BCUT2D eigenvalue weighted by Crippen LogP contribution is -2.25. The number of Topliss-reactive ketones (excluding diaryl/α,β-unsaturated/α-hetero) is 1. The van der Waals surface area contributed by atoms with Crippen LogP contribution < -0.4 is 0 Å². The van der Waals surface area contributed by atoms with Crippen LogP contribution in [0.3, 0.4) is 0 Å². The van der Waals surface area contributed by atoms with Gasteiger partial charge in [-0.25, -0.2) is 0 Å². The Balaban J connectivity index is 2.52. The average Bonchev–Trinajstić information content (AvgIpc) is 2.39. The summed E-state index contributed by atoms with van der Waals surface area (Å²) in [5.41, 5.74) is 0.560. The van der Waals surface area contributed by atoms with E-state index in [9.17, 15) is 4.79 Å². The van der Waals surface area contributed by atoms with Gasteiger partial charge in [0.15, 0.2) is 0 Å². The highest BCUT2D eigenvalue weighted by Crippen LogP contribution is 2.19. The van der Waals surface area contributed by atoms with Crippen LogP contribution in [-0.4, -0.2) is 31.3 Å². The summed E-state index contributed by atoms with van der Waals surface area (Å²) in [7, 11) is 2.88. The molecule has 0 fully saturated rings. The molecular weight excluding hydrogens is 218 g/mol. The van der Waals surface area contributed by atoms with Gasteiger partial charge in [0, 0.05) is 37.6 Å². The summed E-state index contributed by atoms with van der Waals surface area (Å²) >= 11 is 0. The Labute approximate surface area is 99.2 Å². The van der Waals surface area contributed by atoms with Crippen LogP contribution in [0.1, 0.15) is 10.4 Å². The van der Waals surface area contributed by atoms with Gasteiger partial charge in [0.1, 0.15) is 0 Å². The van der Waals surface area contributed by atoms with E-state index in [1.807, 2.05) is 18.2 Å². The molecular formula is C13H13NO3. The Morgan fingerprint density at radius 3 is 2.71 bits per heavy atom. The van der Waals surface area contributed by atoms with Crippen molar-refractivity contribution in [1.82, 2.24) is 4.98 Å². The Bertz CT molecular complexity index is 530. The number of aromatic nitrogens is 1. The van der Waals surface area contributed by atoms with Crippen molar-refractivity contribution in [3.8, 4) is 0 Å². The van der Waals surface area contributed by atoms with Crippen molar-refractivity contribution in [2.45, 2.75) is 6.29 Å². The van der Waals surface area contributed by atoms with Gasteiger partial charge in [-0.05, 0) is 11.5 Å². The summed E-state index contributed by atoms with van der Waals surface area (Å²) < 4.78 is 9.94. The van der Waals surface area contributed by atoms with E-state index in [1.54, 1.807) is 18.5 Å². The average molecular weight is 231 g/mol. The van der Waals surface area contributed by atoms with Crippen LogP contribution in [0.15, 0.2) is 36.7 Å². The van der Waals surface area contributed by atoms with Gasteiger partial charge in [0.05, 0.1) is 0 Å². The molecule has 0 aliphatic carbocycles. The number of methoxy groups -OCH3 is 2. The molecule has 0 amide bonds. The Kier molecular flexibility index (Phi) is 3.46. The Morgan fingerprint density at radius 1 is 1.24 bits per heavy atom. The van der Waals surface area contributed by atoms with Crippen LogP contribution >= 0.6 is 0 Å². The number of rotatable bonds is 4. The maximum atomic E-state index is 12.1. The summed E-state index contributed by atoms with van der Waals surface area (Å²) in [6.45, 7) is 0. The molecule has 2 aromatic rings. The smallest absolute Gasteiger partial charge is 0.222 e. The summed E-state index contributed by atoms with van der Waals surface area (Å²) in [6.07, 6.45) is 2.49. The minimum absolute atomic E-state index is 0.200. The first-order valence-corrected chi connectivity index (χ1v) is 5.20. The molecule has 4 heteroatoms. The molecule has 0 N–H and O–H groups in total. The third-order valence-corrected chi connectivity index (χ3v) is 2.59. The molecule has 0 atom stereocenters. The first-order chi connectivity index (χ1) is 8.27. The molecule has 1 aromatic heterocycles. The molecule has 1 aromatic carbocycles. The van der Waals surface area contributed by atoms with Crippen LogP contribution in [0.25, 0.3) is 10.8 Å². The predicted molar refractivity (Wildman–Crippen MR) is 63.9 cm³/mol. The van der Waals surface area contributed by atoms with Gasteiger partial charge in [0.2, 0.25) is 12.1 Å². The highest BCUT2D eigenvalue weighted by Gasteiger charge is 2.20. The van der Waals surface area contributed by atoms with Gasteiger partial charge in [-0.1, -0.05) is 18.2 Å². The van der Waals surface area contributed by atoms with E-state index in [1.165, 1.54) is 14.2 Å². The minimum Gasteiger partial charge on any atom is -0.349 e. The standard InChI is InChI=1S/C13H13NO3/c1-16-13(17-2)12(15)10-5-3-4-9-6-7-14-8-11(9)10/h3-8,13H,1-2H3. The summed E-state index contributed by atoms with van der Waals surface area (Å²) in [5.74, 6) is -0.200. The third kappa shape index (κ3) is 2.18. The van der Waals surface area contributed by atoms with Crippen molar-refractivity contribution in [1.29, 1.82) is 0 Å². The fourth-order valence-corrected chi connectivity index (χ4v) is 1.77. The number of carbonyl (C=O) groups is 1. The fraction of sp³-hybridized carbons (Fsp3) is 0.231. The van der Waals surface area contributed by atoms with Crippen molar-refractivity contribution >= 4 is 16.6 Å². The van der Waals surface area contributed by atoms with Crippen LogP contribution in [0.4, 0.5) is 0 Å². The zero-order valence-corrected chi connectivity index (χ0v) is 9.71. The summed E-state index contributed by atoms with van der Waals surface area (Å²) in [5, 5.41) is 1.77. The molecule has 1 heterocycles. The van der Waals surface area contributed by atoms with E-state index >= 15 is 0 Å². The number of pyridine rings is 1. The van der Waals surface area contributed by atoms with E-state index in [-0.39, 0.29) is 5.78 Å². The molecule has 0 spiro atoms. The van der Waals surface area contributed by atoms with Crippen LogP contribution in [0.2, 0.25) is 0 Å². The quantitative estimate of drug-likeness (QED) is 0.596. The summed E-state index contributed by atoms with van der Waals surface area (Å²) in [6, 6.07) is 7.37. The number of carbonyl (C=O) groups excluding carboxylic acids is 1. The van der Waals surface area contributed by atoms with Crippen molar-refractivity contribution in [2.75, 3.05) is 14.2 Å². The number of benzene rings is 1. The molecule has 17 heavy (non-hydrogen) atoms. The minimum atomic E-state index is -0.874. The SMILES string of the molecule is COC(OC)C(=O)c1cccc2ccncc12. The molecule has 0 saturated heterocycles. The van der Waals surface area contributed by atoms with Crippen LogP contribution in [-0.2, 0) is 9.47 Å². The van der Waals surface area contributed by atoms with Gasteiger partial charge < -0.3 is 9.47 Å². The van der Waals surface area contributed by atoms with Crippen LogP contribution in [0, 0.1) is 0 Å². The molecule has 0 aliphatic heterocycles. The molecule has 0 bridgehead atoms. The van der Waals surface area contributed by atoms with Gasteiger partial charge in [-0.2, -0.15) is 0 Å². The van der Waals surface area contributed by atoms with E-state index < -0.39 is 6.29 Å². The van der Waals surface area contributed by atoms with E-state index in [4.69, 9.17) is 9.47 Å². The van der Waals surface area contributed by atoms with Crippen molar-refractivity contribution < 1.29 is 14.3 Å². The molecule has 0 radical (unpaired) electrons. The van der Waals surface area contributed by atoms with Crippen LogP contribution in [0.5, 0.6) is 0 Å². The lowest BCUT2D eigenvalue weighted by atomic mass is 10.0. The number of hydrogen-bond donors (Lipinski definition) is 0. The summed E-state index contributed by atoms with van der Waals surface area (Å²) in [4.78, 5) is 16.2. The number of fused-ring (bicyclic) bond motifs is 1. The zero-order valence-electron chi connectivity index (χ0n) is 9.71. The van der Waals surface area contributed by atoms with Gasteiger partial charge in [-0.15, -0.1) is 0 Å². The van der Waals surface area contributed by atoms with Crippen molar-refractivity contribution in [3.05, 3.63) is 42.2 Å². The maximum absolute atomic E-state index is 12.1. The molecule has 0 unspecified atom stereocenters. The fourth-order valence-electron chi connectivity index (χ4n) is 1.77. The molecule has 0 aliphatic rings. The largest absolute Gasteiger partial charge is 0.349 e. The molecule has 0 saturated carbocycles. The monoisotopic (exact) mass is 231 g/mol. The molecule has 88 valence electrons.